The number of carbonyl (C=O) groups excluding carboxylic acids is 5. The number of fused-ring (bicyclic) bond motifs is 3. The lowest BCUT2D eigenvalue weighted by molar-refractivity contribution is -0.288. The van der Waals surface area contributed by atoms with Crippen molar-refractivity contribution in [3.8, 4) is 28.4 Å². The molecule has 276 valence electrons. The maximum absolute atomic E-state index is 13.2. The molecule has 0 radical (unpaired) electrons. The summed E-state index contributed by atoms with van der Waals surface area (Å²) in [6.45, 7) is 5.49. The van der Waals surface area contributed by atoms with E-state index in [9.17, 15) is 28.8 Å². The van der Waals surface area contributed by atoms with E-state index in [1.165, 1.54) is 45.9 Å². The molecule has 0 bridgehead atoms. The molecule has 0 aromatic heterocycles. The van der Waals surface area contributed by atoms with E-state index in [0.29, 0.717) is 40.0 Å². The Morgan fingerprint density at radius 3 is 2.04 bits per heavy atom. The van der Waals surface area contributed by atoms with Crippen molar-refractivity contribution in [2.24, 2.45) is 0 Å². The summed E-state index contributed by atoms with van der Waals surface area (Å²) in [6.07, 6.45) is -4.56. The van der Waals surface area contributed by atoms with Crippen LogP contribution in [-0.4, -0.2) is 87.6 Å². The van der Waals surface area contributed by atoms with Gasteiger partial charge in [0.15, 0.2) is 29.1 Å². The molecule has 1 heterocycles. The minimum Gasteiger partial charge on any atom is -0.492 e. The molecule has 0 unspecified atom stereocenters. The molecule has 1 N–H and O–H groups in total. The first-order chi connectivity index (χ1) is 24.2. The lowest BCUT2D eigenvalue weighted by Gasteiger charge is -2.44. The summed E-state index contributed by atoms with van der Waals surface area (Å²) in [5.74, 6) is -2.93. The van der Waals surface area contributed by atoms with Gasteiger partial charge in [-0.3, -0.25) is 28.8 Å². The molecule has 1 aliphatic heterocycles. The van der Waals surface area contributed by atoms with Gasteiger partial charge in [0.05, 0.1) is 25.2 Å². The van der Waals surface area contributed by atoms with Crippen LogP contribution in [0.1, 0.15) is 58.2 Å². The van der Waals surface area contributed by atoms with Gasteiger partial charge in [0, 0.05) is 40.2 Å². The van der Waals surface area contributed by atoms with E-state index < -0.39 is 67.2 Å². The maximum atomic E-state index is 13.2. The topological polar surface area (TPSA) is 188 Å². The van der Waals surface area contributed by atoms with E-state index in [-0.39, 0.29) is 28.6 Å². The summed E-state index contributed by atoms with van der Waals surface area (Å²) in [6, 6.07) is 6.17. The lowest BCUT2D eigenvalue weighted by Crippen LogP contribution is -2.63. The van der Waals surface area contributed by atoms with Gasteiger partial charge in [-0.15, -0.1) is 11.8 Å². The van der Waals surface area contributed by atoms with Gasteiger partial charge in [-0.05, 0) is 54.0 Å². The summed E-state index contributed by atoms with van der Waals surface area (Å²) in [4.78, 5) is 74.6. The quantitative estimate of drug-likeness (QED) is 0.202. The van der Waals surface area contributed by atoms with Gasteiger partial charge >= 0.3 is 23.9 Å². The molecule has 1 saturated heterocycles. The van der Waals surface area contributed by atoms with Crippen molar-refractivity contribution in [1.29, 1.82) is 0 Å². The number of benzene rings is 1. The average molecular weight is 732 g/mol. The Hall–Kier alpha value is -4.83. The number of amides is 1. The number of ether oxygens (including phenoxy) is 8. The second-order valence-corrected chi connectivity index (χ2v) is 12.6. The average Bonchev–Trinajstić information content (AvgIpc) is 3.29. The maximum Gasteiger partial charge on any atom is 0.303 e. The molecule has 15 nitrogen and oxygen atoms in total. The Kier molecular flexibility index (Phi) is 12.9. The van der Waals surface area contributed by atoms with Gasteiger partial charge in [0.25, 0.3) is 0 Å². The summed E-state index contributed by atoms with van der Waals surface area (Å²) in [5, 5.41) is 2.95. The van der Waals surface area contributed by atoms with Crippen LogP contribution in [0.4, 0.5) is 0 Å². The van der Waals surface area contributed by atoms with E-state index in [4.69, 9.17) is 37.9 Å². The van der Waals surface area contributed by atoms with Crippen molar-refractivity contribution < 1.29 is 61.9 Å². The molecule has 2 aliphatic rings. The van der Waals surface area contributed by atoms with E-state index in [1.807, 2.05) is 0 Å². The van der Waals surface area contributed by atoms with E-state index >= 15 is 0 Å². The fraction of sp³-hybridized carbons (Fsp3) is 0.486. The van der Waals surface area contributed by atoms with Crippen molar-refractivity contribution in [3.05, 3.63) is 45.6 Å². The molecule has 4 rings (SSSR count). The Morgan fingerprint density at radius 1 is 0.843 bits per heavy atom. The monoisotopic (exact) mass is 731 g/mol. The smallest absolute Gasteiger partial charge is 0.303 e. The van der Waals surface area contributed by atoms with E-state index in [0.717, 1.165) is 20.8 Å². The SMILES string of the molecule is COc1c(O[C@@H]2O[C@H](COC(C)=O)[C@H](OC(C)=O)[C@H](OC(C)=O)[C@H]2OC(C)=O)cc2c(c1OC)-c1ccc(SC)c(=O)cc1[C@@H](NC(C)=O)CC2. The largest absolute Gasteiger partial charge is 0.492 e. The first-order valence-corrected chi connectivity index (χ1v) is 17.2. The van der Waals surface area contributed by atoms with Crippen molar-refractivity contribution in [2.75, 3.05) is 27.1 Å². The molecule has 2 aromatic carbocycles. The van der Waals surface area contributed by atoms with Crippen molar-refractivity contribution in [3.63, 3.8) is 0 Å². The molecule has 1 fully saturated rings. The van der Waals surface area contributed by atoms with Crippen molar-refractivity contribution in [1.82, 2.24) is 5.32 Å². The zero-order valence-corrected chi connectivity index (χ0v) is 30.3. The molecule has 51 heavy (non-hydrogen) atoms. The molecular formula is C35H41NO14S. The number of hydrogen-bond acceptors (Lipinski definition) is 15. The Balaban J connectivity index is 1.92. The zero-order chi connectivity index (χ0) is 37.6. The summed E-state index contributed by atoms with van der Waals surface area (Å²) in [7, 11) is 2.82. The first kappa shape index (κ1) is 39.0. The third-order valence-electron chi connectivity index (χ3n) is 8.07. The van der Waals surface area contributed by atoms with Crippen LogP contribution < -0.4 is 25.0 Å². The second kappa shape index (κ2) is 16.9. The summed E-state index contributed by atoms with van der Waals surface area (Å²) < 4.78 is 46.1. The standard InChI is InChI=1S/C35H41NO14S/c1-16(37)36-24-11-9-21-13-26(30(43-6)32(44-7)29(21)22-10-12-28(51-8)25(42)14-23(22)24)49-35-34(48-20(5)41)33(47-19(4)40)31(46-18(3)39)27(50-35)15-45-17(2)38/h10,12-14,24,27,31,33-35H,9,11,15H2,1-8H3,(H,36,37)/t24-,27+,31-,33-,34+,35+/m0/s1. The van der Waals surface area contributed by atoms with E-state index in [2.05, 4.69) is 5.32 Å². The van der Waals surface area contributed by atoms with Crippen LogP contribution in [0.2, 0.25) is 0 Å². The summed E-state index contributed by atoms with van der Waals surface area (Å²) >= 11 is 1.29. The molecule has 16 heteroatoms. The fourth-order valence-corrected chi connectivity index (χ4v) is 6.67. The molecule has 0 saturated carbocycles. The van der Waals surface area contributed by atoms with Gasteiger partial charge in [-0.25, -0.2) is 0 Å². The fourth-order valence-electron chi connectivity index (χ4n) is 6.21. The zero-order valence-electron chi connectivity index (χ0n) is 29.5. The normalized spacial score (nSPS) is 22.1. The van der Waals surface area contributed by atoms with Crippen molar-refractivity contribution >= 4 is 41.5 Å². The minimum atomic E-state index is -1.54. The summed E-state index contributed by atoms with van der Waals surface area (Å²) in [5.41, 5.74) is 2.27. The highest BCUT2D eigenvalue weighted by Gasteiger charge is 2.53. The number of nitrogens with one attached hydrogen (secondary N) is 1. The van der Waals surface area contributed by atoms with Crippen LogP contribution in [-0.2, 0) is 54.1 Å². The van der Waals surface area contributed by atoms with Crippen LogP contribution in [0.3, 0.4) is 0 Å². The highest BCUT2D eigenvalue weighted by atomic mass is 32.2. The van der Waals surface area contributed by atoms with Gasteiger partial charge in [0.1, 0.15) is 12.7 Å². The third kappa shape index (κ3) is 9.10. The number of esters is 4. The van der Waals surface area contributed by atoms with Crippen LogP contribution in [0.15, 0.2) is 34.0 Å². The molecule has 1 amide bonds. The van der Waals surface area contributed by atoms with Crippen LogP contribution in [0.25, 0.3) is 11.1 Å². The Morgan fingerprint density at radius 2 is 1.47 bits per heavy atom. The number of methoxy groups -OCH3 is 2. The van der Waals surface area contributed by atoms with E-state index in [1.54, 1.807) is 24.5 Å². The van der Waals surface area contributed by atoms with Gasteiger partial charge in [-0.1, -0.05) is 6.07 Å². The van der Waals surface area contributed by atoms with Crippen LogP contribution in [0, 0.1) is 0 Å². The molecule has 1 aliphatic carbocycles. The molecule has 0 spiro atoms. The molecular weight excluding hydrogens is 690 g/mol. The van der Waals surface area contributed by atoms with Crippen LogP contribution in [0.5, 0.6) is 17.2 Å². The Labute approximate surface area is 298 Å². The third-order valence-corrected chi connectivity index (χ3v) is 8.85. The predicted octanol–water partition coefficient (Wildman–Crippen LogP) is 3.04. The first-order valence-electron chi connectivity index (χ1n) is 15.9. The van der Waals surface area contributed by atoms with Gasteiger partial charge in [0.2, 0.25) is 24.1 Å². The number of aryl methyl sites for hydroxylation is 1. The minimum absolute atomic E-state index is 0.0585. The highest BCUT2D eigenvalue weighted by Crippen LogP contribution is 2.51. The number of thioether (sulfide) groups is 1. The second-order valence-electron chi connectivity index (χ2n) is 11.7. The molecule has 2 aromatic rings. The lowest BCUT2D eigenvalue weighted by atomic mass is 9.95. The van der Waals surface area contributed by atoms with Gasteiger partial charge in [-0.2, -0.15) is 0 Å². The number of rotatable bonds is 11. The van der Waals surface area contributed by atoms with Crippen molar-refractivity contribution in [2.45, 2.75) is 89.1 Å². The predicted molar refractivity (Wildman–Crippen MR) is 180 cm³/mol. The van der Waals surface area contributed by atoms with Gasteiger partial charge < -0.3 is 43.2 Å². The highest BCUT2D eigenvalue weighted by molar-refractivity contribution is 7.98. The Bertz CT molecular complexity index is 1750. The van der Waals surface area contributed by atoms with Crippen LogP contribution >= 0.6 is 11.8 Å². The number of hydrogen-bond donors (Lipinski definition) is 1. The molecule has 6 atom stereocenters. The number of carbonyl (C=O) groups is 5.